The lowest BCUT2D eigenvalue weighted by molar-refractivity contribution is -0.138. The summed E-state index contributed by atoms with van der Waals surface area (Å²) in [4.78, 5) is 0. The maximum Gasteiger partial charge on any atom is 0.419 e. The Balaban J connectivity index is 2.97. The van der Waals surface area contributed by atoms with Crippen molar-refractivity contribution in [3.63, 3.8) is 0 Å². The molecule has 1 atom stereocenters. The van der Waals surface area contributed by atoms with Gasteiger partial charge in [-0.15, -0.1) is 4.72 Å². The lowest BCUT2D eigenvalue weighted by Crippen LogP contribution is -2.39. The van der Waals surface area contributed by atoms with Crippen LogP contribution in [0.25, 0.3) is 0 Å². The molecule has 0 bridgehead atoms. The summed E-state index contributed by atoms with van der Waals surface area (Å²) in [5.41, 5.74) is -0.513. The van der Waals surface area contributed by atoms with Crippen molar-refractivity contribution >= 4 is 11.4 Å². The SMILES string of the molecule is COc1c(CN[S+]([O-])C(C)(C)C)cccc1C(F)(F)F. The molecule has 114 valence electrons. The quantitative estimate of drug-likeness (QED) is 0.868. The highest BCUT2D eigenvalue weighted by Crippen LogP contribution is 2.38. The van der Waals surface area contributed by atoms with Crippen LogP contribution in [0.15, 0.2) is 18.2 Å². The van der Waals surface area contributed by atoms with Crippen LogP contribution in [0.2, 0.25) is 0 Å². The summed E-state index contributed by atoms with van der Waals surface area (Å²) in [6, 6.07) is 3.78. The minimum Gasteiger partial charge on any atom is -0.598 e. The van der Waals surface area contributed by atoms with E-state index in [1.807, 2.05) is 0 Å². The van der Waals surface area contributed by atoms with Crippen molar-refractivity contribution in [2.75, 3.05) is 7.11 Å². The summed E-state index contributed by atoms with van der Waals surface area (Å²) in [6.07, 6.45) is -4.48. The number of halogens is 3. The Morgan fingerprint density at radius 1 is 1.25 bits per heavy atom. The van der Waals surface area contributed by atoms with Gasteiger partial charge in [-0.05, 0) is 26.8 Å². The van der Waals surface area contributed by atoms with Gasteiger partial charge in [-0.2, -0.15) is 13.2 Å². The van der Waals surface area contributed by atoms with Crippen LogP contribution in [-0.4, -0.2) is 16.4 Å². The fourth-order valence-electron chi connectivity index (χ4n) is 1.55. The summed E-state index contributed by atoms with van der Waals surface area (Å²) < 4.78 is 57.5. The molecule has 20 heavy (non-hydrogen) atoms. The topological polar surface area (TPSA) is 44.3 Å². The summed E-state index contributed by atoms with van der Waals surface area (Å²) in [6.45, 7) is 5.37. The minimum atomic E-state index is -4.48. The Labute approximate surface area is 119 Å². The molecule has 1 aromatic rings. The molecule has 1 unspecified atom stereocenters. The molecular formula is C13H18F3NO2S. The Morgan fingerprint density at radius 3 is 2.30 bits per heavy atom. The predicted octanol–water partition coefficient (Wildman–Crippen LogP) is 3.27. The third-order valence-electron chi connectivity index (χ3n) is 2.56. The molecule has 0 saturated carbocycles. The van der Waals surface area contributed by atoms with E-state index in [-0.39, 0.29) is 12.3 Å². The molecule has 0 amide bonds. The van der Waals surface area contributed by atoms with Crippen LogP contribution in [0.4, 0.5) is 13.2 Å². The molecule has 0 spiro atoms. The van der Waals surface area contributed by atoms with E-state index in [0.29, 0.717) is 5.56 Å². The van der Waals surface area contributed by atoms with Gasteiger partial charge in [-0.3, -0.25) is 0 Å². The predicted molar refractivity (Wildman–Crippen MR) is 72.7 cm³/mol. The second-order valence-corrected chi connectivity index (χ2v) is 7.25. The van der Waals surface area contributed by atoms with Gasteiger partial charge in [-0.25, -0.2) is 0 Å². The summed E-state index contributed by atoms with van der Waals surface area (Å²) >= 11 is -1.36. The van der Waals surface area contributed by atoms with E-state index in [0.717, 1.165) is 6.07 Å². The average molecular weight is 309 g/mol. The second kappa shape index (κ2) is 6.24. The van der Waals surface area contributed by atoms with Crippen molar-refractivity contribution < 1.29 is 22.5 Å². The van der Waals surface area contributed by atoms with Crippen LogP contribution in [0.3, 0.4) is 0 Å². The standard InChI is InChI=1S/C13H18F3NO2S/c1-12(2,3)20(18)17-8-9-6-5-7-10(11(9)19-4)13(14,15)16/h5-7,17H,8H2,1-4H3. The first-order chi connectivity index (χ1) is 9.07. The second-order valence-electron chi connectivity index (χ2n) is 5.20. The lowest BCUT2D eigenvalue weighted by atomic mass is 10.1. The van der Waals surface area contributed by atoms with Crippen molar-refractivity contribution in [3.05, 3.63) is 29.3 Å². The van der Waals surface area contributed by atoms with E-state index in [4.69, 9.17) is 4.74 Å². The molecule has 0 aliphatic rings. The van der Waals surface area contributed by atoms with Crippen molar-refractivity contribution in [1.29, 1.82) is 0 Å². The summed E-state index contributed by atoms with van der Waals surface area (Å²) in [5, 5.41) is 0. The van der Waals surface area contributed by atoms with Crippen molar-refractivity contribution in [2.45, 2.75) is 38.2 Å². The molecule has 0 saturated heterocycles. The van der Waals surface area contributed by atoms with Crippen LogP contribution < -0.4 is 9.46 Å². The number of rotatable bonds is 4. The number of alkyl halides is 3. The molecule has 0 radical (unpaired) electrons. The van der Waals surface area contributed by atoms with Crippen molar-refractivity contribution in [2.24, 2.45) is 0 Å². The number of methoxy groups -OCH3 is 1. The molecule has 1 N–H and O–H groups in total. The zero-order valence-corrected chi connectivity index (χ0v) is 12.6. The molecular weight excluding hydrogens is 291 g/mol. The fourth-order valence-corrected chi connectivity index (χ4v) is 2.27. The van der Waals surface area contributed by atoms with Crippen LogP contribution >= 0.6 is 0 Å². The fraction of sp³-hybridized carbons (Fsp3) is 0.538. The zero-order valence-electron chi connectivity index (χ0n) is 11.8. The molecule has 1 aromatic carbocycles. The van der Waals surface area contributed by atoms with Gasteiger partial charge in [0.05, 0.1) is 19.2 Å². The van der Waals surface area contributed by atoms with Crippen LogP contribution in [0, 0.1) is 0 Å². The van der Waals surface area contributed by atoms with Crippen LogP contribution in [0.1, 0.15) is 31.9 Å². The number of nitrogens with one attached hydrogen (secondary N) is 1. The van der Waals surface area contributed by atoms with Gasteiger partial charge < -0.3 is 9.29 Å². The minimum absolute atomic E-state index is 0.0387. The van der Waals surface area contributed by atoms with Crippen molar-refractivity contribution in [3.8, 4) is 5.75 Å². The van der Waals surface area contributed by atoms with E-state index in [1.54, 1.807) is 20.8 Å². The van der Waals surface area contributed by atoms with Gasteiger partial charge in [0.25, 0.3) is 0 Å². The number of hydrogen-bond donors (Lipinski definition) is 1. The largest absolute Gasteiger partial charge is 0.598 e. The lowest BCUT2D eigenvalue weighted by Gasteiger charge is -2.24. The molecule has 0 aliphatic carbocycles. The first-order valence-corrected chi connectivity index (χ1v) is 7.11. The third-order valence-corrected chi connectivity index (χ3v) is 4.07. The first kappa shape index (κ1) is 17.1. The van der Waals surface area contributed by atoms with Gasteiger partial charge in [0.1, 0.15) is 10.5 Å². The zero-order chi connectivity index (χ0) is 15.6. The Kier molecular flexibility index (Phi) is 5.34. The Morgan fingerprint density at radius 2 is 1.85 bits per heavy atom. The molecule has 7 heteroatoms. The van der Waals surface area contributed by atoms with E-state index < -0.39 is 27.8 Å². The van der Waals surface area contributed by atoms with Gasteiger partial charge in [0, 0.05) is 16.9 Å². The van der Waals surface area contributed by atoms with Gasteiger partial charge in [0.15, 0.2) is 0 Å². The van der Waals surface area contributed by atoms with E-state index >= 15 is 0 Å². The molecule has 0 fully saturated rings. The normalized spacial score (nSPS) is 14.2. The maximum absolute atomic E-state index is 12.8. The Bertz CT molecular complexity index is 458. The highest BCUT2D eigenvalue weighted by Gasteiger charge is 2.35. The van der Waals surface area contributed by atoms with E-state index in [9.17, 15) is 17.7 Å². The molecule has 3 nitrogen and oxygen atoms in total. The number of para-hydroxylation sites is 1. The van der Waals surface area contributed by atoms with Crippen molar-refractivity contribution in [1.82, 2.24) is 4.72 Å². The third kappa shape index (κ3) is 4.29. The molecule has 0 aromatic heterocycles. The monoisotopic (exact) mass is 309 g/mol. The smallest absolute Gasteiger partial charge is 0.419 e. The highest BCUT2D eigenvalue weighted by molar-refractivity contribution is 7.90. The number of benzene rings is 1. The van der Waals surface area contributed by atoms with Crippen LogP contribution in [-0.2, 0) is 24.1 Å². The maximum atomic E-state index is 12.8. The van der Waals surface area contributed by atoms with Gasteiger partial charge in [0.2, 0.25) is 0 Å². The molecule has 0 aliphatic heterocycles. The van der Waals surface area contributed by atoms with Gasteiger partial charge in [-0.1, -0.05) is 12.1 Å². The van der Waals surface area contributed by atoms with Gasteiger partial charge >= 0.3 is 6.18 Å². The average Bonchev–Trinajstić information content (AvgIpc) is 2.32. The number of hydrogen-bond acceptors (Lipinski definition) is 3. The molecule has 0 heterocycles. The summed E-state index contributed by atoms with van der Waals surface area (Å²) in [7, 11) is 1.19. The Hall–Kier alpha value is -0.920. The number of ether oxygens (including phenoxy) is 1. The van der Waals surface area contributed by atoms with E-state index in [2.05, 4.69) is 4.72 Å². The van der Waals surface area contributed by atoms with E-state index in [1.165, 1.54) is 19.2 Å². The molecule has 1 rings (SSSR count). The summed E-state index contributed by atoms with van der Waals surface area (Å²) in [5.74, 6) is -0.238. The highest BCUT2D eigenvalue weighted by atomic mass is 32.2. The van der Waals surface area contributed by atoms with Crippen LogP contribution in [0.5, 0.6) is 5.75 Å². The first-order valence-electron chi connectivity index (χ1n) is 5.96.